The zero-order chi connectivity index (χ0) is 9.26. The molecule has 3 nitrogen and oxygen atoms in total. The van der Waals surface area contributed by atoms with Crippen LogP contribution in [-0.2, 0) is 0 Å². The van der Waals surface area contributed by atoms with Gasteiger partial charge in [-0.25, -0.2) is 9.97 Å². The molecule has 0 fully saturated rings. The summed E-state index contributed by atoms with van der Waals surface area (Å²) in [5.74, 6) is 0.464. The molecule has 0 saturated carbocycles. The standard InChI is InChI=1S/C8H6BrN3S/c9-5-1-4-13-7(5)6-8(10)12-3-2-11-6/h1-4H,(H2,10,12). The second kappa shape index (κ2) is 3.43. The number of aromatic nitrogens is 2. The monoisotopic (exact) mass is 255 g/mol. The van der Waals surface area contributed by atoms with Gasteiger partial charge in [-0.3, -0.25) is 0 Å². The number of nitrogen functional groups attached to an aromatic ring is 1. The molecule has 0 bridgehead atoms. The van der Waals surface area contributed by atoms with E-state index in [0.29, 0.717) is 5.82 Å². The number of hydrogen-bond donors (Lipinski definition) is 1. The maximum absolute atomic E-state index is 5.69. The molecular formula is C8H6BrN3S. The lowest BCUT2D eigenvalue weighted by atomic mass is 10.3. The average Bonchev–Trinajstić information content (AvgIpc) is 2.52. The Hall–Kier alpha value is -0.940. The van der Waals surface area contributed by atoms with Crippen molar-refractivity contribution in [3.05, 3.63) is 28.3 Å². The largest absolute Gasteiger partial charge is 0.382 e. The number of nitrogens with two attached hydrogens (primary N) is 1. The Morgan fingerprint density at radius 3 is 2.69 bits per heavy atom. The van der Waals surface area contributed by atoms with Crippen molar-refractivity contribution < 1.29 is 0 Å². The third-order valence-corrected chi connectivity index (χ3v) is 3.40. The third-order valence-electron chi connectivity index (χ3n) is 1.56. The van der Waals surface area contributed by atoms with Gasteiger partial charge in [0.25, 0.3) is 0 Å². The van der Waals surface area contributed by atoms with Crippen molar-refractivity contribution in [2.24, 2.45) is 0 Å². The summed E-state index contributed by atoms with van der Waals surface area (Å²) in [5.41, 5.74) is 6.43. The van der Waals surface area contributed by atoms with Gasteiger partial charge in [0.05, 0.1) is 4.88 Å². The van der Waals surface area contributed by atoms with Gasteiger partial charge in [0.2, 0.25) is 0 Å². The minimum atomic E-state index is 0.464. The molecular weight excluding hydrogens is 250 g/mol. The molecule has 2 rings (SSSR count). The molecule has 2 N–H and O–H groups in total. The van der Waals surface area contributed by atoms with Crippen LogP contribution in [0.2, 0.25) is 0 Å². The number of anilines is 1. The predicted octanol–water partition coefficient (Wildman–Crippen LogP) is 2.55. The van der Waals surface area contributed by atoms with E-state index in [1.165, 1.54) is 0 Å². The molecule has 2 aromatic heterocycles. The summed E-state index contributed by atoms with van der Waals surface area (Å²) in [4.78, 5) is 9.17. The average molecular weight is 256 g/mol. The van der Waals surface area contributed by atoms with Crippen LogP contribution in [0.1, 0.15) is 0 Å². The Morgan fingerprint density at radius 2 is 2.08 bits per heavy atom. The topological polar surface area (TPSA) is 51.8 Å². The Labute approximate surface area is 87.8 Å². The molecule has 0 aliphatic rings. The summed E-state index contributed by atoms with van der Waals surface area (Å²) in [6.45, 7) is 0. The molecule has 0 saturated heterocycles. The van der Waals surface area contributed by atoms with Gasteiger partial charge in [0, 0.05) is 16.9 Å². The zero-order valence-electron chi connectivity index (χ0n) is 6.57. The Balaban J connectivity index is 2.59. The molecule has 0 spiro atoms. The first-order chi connectivity index (χ1) is 6.29. The number of rotatable bonds is 1. The summed E-state index contributed by atoms with van der Waals surface area (Å²) in [5, 5.41) is 1.98. The van der Waals surface area contributed by atoms with Gasteiger partial charge in [0.1, 0.15) is 5.69 Å². The molecule has 0 aromatic carbocycles. The van der Waals surface area contributed by atoms with Crippen LogP contribution < -0.4 is 5.73 Å². The fourth-order valence-electron chi connectivity index (χ4n) is 0.986. The van der Waals surface area contributed by atoms with Gasteiger partial charge in [-0.1, -0.05) is 0 Å². The lowest BCUT2D eigenvalue weighted by Crippen LogP contribution is -1.94. The first-order valence-corrected chi connectivity index (χ1v) is 5.26. The van der Waals surface area contributed by atoms with Gasteiger partial charge in [-0.15, -0.1) is 11.3 Å². The van der Waals surface area contributed by atoms with E-state index in [9.17, 15) is 0 Å². The highest BCUT2D eigenvalue weighted by Crippen LogP contribution is 2.34. The summed E-state index contributed by atoms with van der Waals surface area (Å²) >= 11 is 5.01. The van der Waals surface area contributed by atoms with Crippen molar-refractivity contribution >= 4 is 33.1 Å². The quantitative estimate of drug-likeness (QED) is 0.853. The van der Waals surface area contributed by atoms with E-state index in [1.54, 1.807) is 23.7 Å². The minimum Gasteiger partial charge on any atom is -0.382 e. The third kappa shape index (κ3) is 1.57. The Bertz CT molecular complexity index is 427. The molecule has 0 radical (unpaired) electrons. The Kier molecular flexibility index (Phi) is 2.28. The smallest absolute Gasteiger partial charge is 0.150 e. The summed E-state index contributed by atoms with van der Waals surface area (Å²) in [6, 6.07) is 1.97. The fourth-order valence-corrected chi connectivity index (χ4v) is 2.55. The van der Waals surface area contributed by atoms with Gasteiger partial charge in [-0.2, -0.15) is 0 Å². The maximum Gasteiger partial charge on any atom is 0.150 e. The highest BCUT2D eigenvalue weighted by Gasteiger charge is 2.09. The van der Waals surface area contributed by atoms with Crippen LogP contribution in [0.15, 0.2) is 28.3 Å². The molecule has 0 aliphatic heterocycles. The second-order valence-corrected chi connectivity index (χ2v) is 4.16. The second-order valence-electron chi connectivity index (χ2n) is 2.39. The maximum atomic E-state index is 5.69. The number of nitrogens with zero attached hydrogens (tertiary/aromatic N) is 2. The molecule has 2 aromatic rings. The molecule has 0 amide bonds. The van der Waals surface area contributed by atoms with Crippen molar-refractivity contribution in [3.63, 3.8) is 0 Å². The van der Waals surface area contributed by atoms with Crippen molar-refractivity contribution in [1.82, 2.24) is 9.97 Å². The van der Waals surface area contributed by atoms with Crippen LogP contribution in [0.4, 0.5) is 5.82 Å². The molecule has 0 aliphatic carbocycles. The molecule has 5 heteroatoms. The van der Waals surface area contributed by atoms with Crippen LogP contribution >= 0.6 is 27.3 Å². The zero-order valence-corrected chi connectivity index (χ0v) is 8.97. The highest BCUT2D eigenvalue weighted by molar-refractivity contribution is 9.10. The van der Waals surface area contributed by atoms with Crippen molar-refractivity contribution in [2.45, 2.75) is 0 Å². The summed E-state index contributed by atoms with van der Waals surface area (Å²) < 4.78 is 1.00. The molecule has 0 atom stereocenters. The van der Waals surface area contributed by atoms with E-state index in [2.05, 4.69) is 25.9 Å². The molecule has 66 valence electrons. The van der Waals surface area contributed by atoms with Crippen LogP contribution in [0.3, 0.4) is 0 Å². The van der Waals surface area contributed by atoms with Crippen LogP contribution in [-0.4, -0.2) is 9.97 Å². The van der Waals surface area contributed by atoms with Gasteiger partial charge >= 0.3 is 0 Å². The highest BCUT2D eigenvalue weighted by atomic mass is 79.9. The number of thiophene rings is 1. The Morgan fingerprint density at radius 1 is 1.31 bits per heavy atom. The molecule has 0 unspecified atom stereocenters. The number of halogens is 1. The van der Waals surface area contributed by atoms with Crippen molar-refractivity contribution in [1.29, 1.82) is 0 Å². The summed E-state index contributed by atoms with van der Waals surface area (Å²) in [6.07, 6.45) is 3.22. The van der Waals surface area contributed by atoms with E-state index >= 15 is 0 Å². The van der Waals surface area contributed by atoms with Crippen molar-refractivity contribution in [2.75, 3.05) is 5.73 Å². The van der Waals surface area contributed by atoms with Gasteiger partial charge in [0.15, 0.2) is 5.82 Å². The first-order valence-electron chi connectivity index (χ1n) is 3.59. The van der Waals surface area contributed by atoms with E-state index in [0.717, 1.165) is 15.0 Å². The lowest BCUT2D eigenvalue weighted by Gasteiger charge is -1.99. The van der Waals surface area contributed by atoms with Gasteiger partial charge < -0.3 is 5.73 Å². The van der Waals surface area contributed by atoms with Crippen LogP contribution in [0.25, 0.3) is 10.6 Å². The van der Waals surface area contributed by atoms with Gasteiger partial charge in [-0.05, 0) is 27.4 Å². The number of hydrogen-bond acceptors (Lipinski definition) is 4. The normalized spacial score (nSPS) is 10.2. The molecule has 13 heavy (non-hydrogen) atoms. The lowest BCUT2D eigenvalue weighted by molar-refractivity contribution is 1.22. The van der Waals surface area contributed by atoms with Crippen LogP contribution in [0, 0.1) is 0 Å². The minimum absolute atomic E-state index is 0.464. The fraction of sp³-hybridized carbons (Fsp3) is 0. The van der Waals surface area contributed by atoms with E-state index in [4.69, 9.17) is 5.73 Å². The van der Waals surface area contributed by atoms with E-state index in [1.807, 2.05) is 11.4 Å². The molecule has 2 heterocycles. The predicted molar refractivity (Wildman–Crippen MR) is 57.5 cm³/mol. The van der Waals surface area contributed by atoms with E-state index in [-0.39, 0.29) is 0 Å². The first kappa shape index (κ1) is 8.65. The van der Waals surface area contributed by atoms with Crippen molar-refractivity contribution in [3.8, 4) is 10.6 Å². The summed E-state index contributed by atoms with van der Waals surface area (Å²) in [7, 11) is 0. The SMILES string of the molecule is Nc1nccnc1-c1sccc1Br. The van der Waals surface area contributed by atoms with Crippen LogP contribution in [0.5, 0.6) is 0 Å². The van der Waals surface area contributed by atoms with E-state index < -0.39 is 0 Å².